The molecule has 94 valence electrons. The topological polar surface area (TPSA) is 80.1 Å². The number of aromatic nitrogens is 3. The molecule has 17 heavy (non-hydrogen) atoms. The van der Waals surface area contributed by atoms with Crippen LogP contribution in [0.3, 0.4) is 0 Å². The standard InChI is InChI=1S/C9H15N5O2S/c15-17(16,8-1-2-10-5-8)14-4-3-13-7-11-12-9(13)6-14/h7-8,10H,1-6H2. The Morgan fingerprint density at radius 3 is 3.06 bits per heavy atom. The summed E-state index contributed by atoms with van der Waals surface area (Å²) in [7, 11) is -3.19. The van der Waals surface area contributed by atoms with Crippen LogP contribution in [0.15, 0.2) is 6.33 Å². The van der Waals surface area contributed by atoms with Gasteiger partial charge in [0.25, 0.3) is 0 Å². The molecule has 0 radical (unpaired) electrons. The second-order valence-electron chi connectivity index (χ2n) is 4.43. The van der Waals surface area contributed by atoms with Crippen LogP contribution in [0.4, 0.5) is 0 Å². The fourth-order valence-electron chi connectivity index (χ4n) is 2.35. The van der Waals surface area contributed by atoms with Gasteiger partial charge in [0, 0.05) is 19.6 Å². The van der Waals surface area contributed by atoms with Crippen molar-refractivity contribution in [3.8, 4) is 0 Å². The van der Waals surface area contributed by atoms with Crippen LogP contribution in [0.1, 0.15) is 12.2 Å². The molecule has 1 unspecified atom stereocenters. The highest BCUT2D eigenvalue weighted by molar-refractivity contribution is 7.89. The lowest BCUT2D eigenvalue weighted by Gasteiger charge is -2.28. The van der Waals surface area contributed by atoms with Gasteiger partial charge in [0.1, 0.15) is 12.2 Å². The Bertz CT molecular complexity index is 505. The quantitative estimate of drug-likeness (QED) is 0.719. The summed E-state index contributed by atoms with van der Waals surface area (Å²) in [4.78, 5) is 0. The van der Waals surface area contributed by atoms with E-state index in [1.54, 1.807) is 6.33 Å². The van der Waals surface area contributed by atoms with E-state index in [2.05, 4.69) is 15.5 Å². The molecular formula is C9H15N5O2S. The molecule has 1 fully saturated rings. The SMILES string of the molecule is O=S(=O)(C1CCNC1)N1CCn2cnnc2C1. The van der Waals surface area contributed by atoms with Crippen molar-refractivity contribution in [1.82, 2.24) is 24.4 Å². The minimum atomic E-state index is -3.19. The summed E-state index contributed by atoms with van der Waals surface area (Å²) in [5.74, 6) is 0.728. The molecule has 0 saturated carbocycles. The highest BCUT2D eigenvalue weighted by atomic mass is 32.2. The van der Waals surface area contributed by atoms with Crippen LogP contribution >= 0.6 is 0 Å². The van der Waals surface area contributed by atoms with Crippen LogP contribution in [-0.2, 0) is 23.1 Å². The Labute approximate surface area is 99.9 Å². The average molecular weight is 257 g/mol. The average Bonchev–Trinajstić information content (AvgIpc) is 2.99. The van der Waals surface area contributed by atoms with Gasteiger partial charge < -0.3 is 9.88 Å². The van der Waals surface area contributed by atoms with Crippen molar-refractivity contribution < 1.29 is 8.42 Å². The summed E-state index contributed by atoms with van der Waals surface area (Å²) in [5, 5.41) is 10.5. The van der Waals surface area contributed by atoms with Crippen molar-refractivity contribution in [3.63, 3.8) is 0 Å². The van der Waals surface area contributed by atoms with E-state index in [4.69, 9.17) is 0 Å². The number of hydrogen-bond donors (Lipinski definition) is 1. The lowest BCUT2D eigenvalue weighted by Crippen LogP contribution is -2.43. The van der Waals surface area contributed by atoms with E-state index in [9.17, 15) is 8.42 Å². The first-order chi connectivity index (χ1) is 8.18. The molecule has 0 aromatic carbocycles. The highest BCUT2D eigenvalue weighted by Gasteiger charge is 2.36. The Hall–Kier alpha value is -0.990. The number of nitrogens with one attached hydrogen (secondary N) is 1. The number of sulfonamides is 1. The third kappa shape index (κ3) is 1.85. The van der Waals surface area contributed by atoms with E-state index in [0.717, 1.165) is 12.4 Å². The maximum Gasteiger partial charge on any atom is 0.218 e. The van der Waals surface area contributed by atoms with Crippen LogP contribution in [0, 0.1) is 0 Å². The first-order valence-corrected chi connectivity index (χ1v) is 7.24. The molecule has 0 bridgehead atoms. The third-order valence-electron chi connectivity index (χ3n) is 3.40. The molecule has 2 aliphatic heterocycles. The lowest BCUT2D eigenvalue weighted by atomic mass is 10.4. The molecule has 7 nitrogen and oxygen atoms in total. The van der Waals surface area contributed by atoms with Crippen LogP contribution < -0.4 is 5.32 Å². The van der Waals surface area contributed by atoms with Gasteiger partial charge in [-0.15, -0.1) is 10.2 Å². The number of nitrogens with zero attached hydrogens (tertiary/aromatic N) is 4. The molecule has 0 aliphatic carbocycles. The predicted octanol–water partition coefficient (Wildman–Crippen LogP) is -1.21. The normalized spacial score (nSPS) is 26.0. The van der Waals surface area contributed by atoms with Gasteiger partial charge in [-0.05, 0) is 13.0 Å². The molecule has 1 atom stereocenters. The molecule has 8 heteroatoms. The van der Waals surface area contributed by atoms with E-state index < -0.39 is 10.0 Å². The van der Waals surface area contributed by atoms with Crippen molar-refractivity contribution in [2.75, 3.05) is 19.6 Å². The molecule has 0 spiro atoms. The van der Waals surface area contributed by atoms with Crippen molar-refractivity contribution in [3.05, 3.63) is 12.2 Å². The van der Waals surface area contributed by atoms with Gasteiger partial charge in [-0.3, -0.25) is 0 Å². The fourth-order valence-corrected chi connectivity index (χ4v) is 4.15. The van der Waals surface area contributed by atoms with E-state index in [-0.39, 0.29) is 5.25 Å². The Morgan fingerprint density at radius 2 is 2.29 bits per heavy atom. The van der Waals surface area contributed by atoms with E-state index in [0.29, 0.717) is 32.6 Å². The summed E-state index contributed by atoms with van der Waals surface area (Å²) >= 11 is 0. The molecular weight excluding hydrogens is 242 g/mol. The van der Waals surface area contributed by atoms with Crippen molar-refractivity contribution >= 4 is 10.0 Å². The van der Waals surface area contributed by atoms with Crippen LogP contribution in [0.5, 0.6) is 0 Å². The first kappa shape index (κ1) is 11.1. The molecule has 3 rings (SSSR count). The van der Waals surface area contributed by atoms with Crippen molar-refractivity contribution in [1.29, 1.82) is 0 Å². The lowest BCUT2D eigenvalue weighted by molar-refractivity contribution is 0.331. The van der Waals surface area contributed by atoms with Gasteiger partial charge in [0.05, 0.1) is 11.8 Å². The molecule has 1 aromatic rings. The second-order valence-corrected chi connectivity index (χ2v) is 6.65. The molecule has 1 N–H and O–H groups in total. The Kier molecular flexibility index (Phi) is 2.64. The summed E-state index contributed by atoms with van der Waals surface area (Å²) in [6, 6.07) is 0. The molecule has 1 aromatic heterocycles. The number of hydrogen-bond acceptors (Lipinski definition) is 5. The summed E-state index contributed by atoms with van der Waals surface area (Å²) in [6.45, 7) is 2.85. The minimum absolute atomic E-state index is 0.281. The van der Waals surface area contributed by atoms with Gasteiger partial charge in [-0.2, -0.15) is 4.31 Å². The van der Waals surface area contributed by atoms with E-state index in [1.165, 1.54) is 4.31 Å². The first-order valence-electron chi connectivity index (χ1n) is 5.74. The zero-order valence-corrected chi connectivity index (χ0v) is 10.2. The predicted molar refractivity (Wildman–Crippen MR) is 60.6 cm³/mol. The summed E-state index contributed by atoms with van der Waals surface area (Å²) < 4.78 is 28.1. The van der Waals surface area contributed by atoms with Gasteiger partial charge in [-0.25, -0.2) is 8.42 Å². The maximum atomic E-state index is 12.3. The molecule has 0 amide bonds. The second kappa shape index (κ2) is 4.04. The molecule has 3 heterocycles. The Morgan fingerprint density at radius 1 is 1.41 bits per heavy atom. The van der Waals surface area contributed by atoms with Crippen molar-refractivity contribution in [2.45, 2.75) is 24.8 Å². The van der Waals surface area contributed by atoms with Crippen LogP contribution in [0.25, 0.3) is 0 Å². The largest absolute Gasteiger partial charge is 0.315 e. The van der Waals surface area contributed by atoms with Gasteiger partial charge in [-0.1, -0.05) is 0 Å². The third-order valence-corrected chi connectivity index (χ3v) is 5.68. The van der Waals surface area contributed by atoms with Crippen molar-refractivity contribution in [2.24, 2.45) is 0 Å². The fraction of sp³-hybridized carbons (Fsp3) is 0.778. The highest BCUT2D eigenvalue weighted by Crippen LogP contribution is 2.20. The van der Waals surface area contributed by atoms with Gasteiger partial charge >= 0.3 is 0 Å². The molecule has 2 aliphatic rings. The van der Waals surface area contributed by atoms with Gasteiger partial charge in [0.2, 0.25) is 10.0 Å². The monoisotopic (exact) mass is 257 g/mol. The summed E-state index contributed by atoms with van der Waals surface area (Å²) in [5.41, 5.74) is 0. The van der Waals surface area contributed by atoms with E-state index in [1.807, 2.05) is 4.57 Å². The zero-order chi connectivity index (χ0) is 11.9. The maximum absolute atomic E-state index is 12.3. The number of fused-ring (bicyclic) bond motifs is 1. The van der Waals surface area contributed by atoms with Crippen LogP contribution in [0.2, 0.25) is 0 Å². The zero-order valence-electron chi connectivity index (χ0n) is 9.41. The molecule has 1 saturated heterocycles. The van der Waals surface area contributed by atoms with Crippen LogP contribution in [-0.4, -0.2) is 52.4 Å². The van der Waals surface area contributed by atoms with Gasteiger partial charge in [0.15, 0.2) is 0 Å². The smallest absolute Gasteiger partial charge is 0.218 e. The Balaban J connectivity index is 1.82. The summed E-state index contributed by atoms with van der Waals surface area (Å²) in [6.07, 6.45) is 2.35. The number of rotatable bonds is 2. The minimum Gasteiger partial charge on any atom is -0.315 e. The van der Waals surface area contributed by atoms with E-state index >= 15 is 0 Å².